The van der Waals surface area contributed by atoms with Crippen molar-refractivity contribution < 1.29 is 98.0 Å². The van der Waals surface area contributed by atoms with Crippen LogP contribution in [0.3, 0.4) is 0 Å². The number of rotatable bonds is 8. The van der Waals surface area contributed by atoms with Gasteiger partial charge in [-0.15, -0.1) is 12.4 Å². The zero-order chi connectivity index (χ0) is 55.4. The van der Waals surface area contributed by atoms with Crippen molar-refractivity contribution in [3.8, 4) is 34.5 Å². The number of aliphatic hydroxyl groups is 4. The Bertz CT molecular complexity index is 2930. The fourth-order valence-corrected chi connectivity index (χ4v) is 11.3. The third-order valence-corrected chi connectivity index (χ3v) is 15.6. The number of phenols is 4. The molecule has 0 unspecified atom stereocenters. The number of hydrogen-bond acceptors (Lipinski definition) is 22. The van der Waals surface area contributed by atoms with Gasteiger partial charge in [-0.1, -0.05) is 24.3 Å². The van der Waals surface area contributed by atoms with Crippen LogP contribution in [0.1, 0.15) is 152 Å². The van der Waals surface area contributed by atoms with E-state index in [0.29, 0.717) is 0 Å². The SMILES string of the molecule is COc1cccc2c1C(=O)c1c(O)c3c(c(O)c1C2=O)C[C@@](O)(C(C)=O)C[C@@H]3O[C@H]1C[C@H](N)[C@H](O)[C@H](C)O1.COc1cccc2c1C(=O)c1c(O)c3c(c(O)c1C2=O)C[C@@](O)(C(C)=O)C[C@@H]3O[C@H]1C[C@H](N)[C@H](O)[C@H](C)O1.Cl. The summed E-state index contributed by atoms with van der Waals surface area (Å²) < 4.78 is 34.1. The number of ether oxygens (including phenoxy) is 6. The molecular weight excluding hydrogens is 1030 g/mol. The molecule has 4 aromatic carbocycles. The molecule has 10 rings (SSSR count). The van der Waals surface area contributed by atoms with Crippen molar-refractivity contribution in [1.82, 2.24) is 0 Å². The molecule has 412 valence electrons. The Hall–Kier alpha value is -6.41. The van der Waals surface area contributed by atoms with Gasteiger partial charge in [-0.05, 0) is 39.8 Å². The molecule has 0 spiro atoms. The first kappa shape index (κ1) is 56.8. The van der Waals surface area contributed by atoms with E-state index in [2.05, 4.69) is 0 Å². The van der Waals surface area contributed by atoms with E-state index in [1.54, 1.807) is 13.8 Å². The number of carbonyl (C=O) groups is 6. The highest BCUT2D eigenvalue weighted by atomic mass is 35.5. The molecule has 0 bridgehead atoms. The van der Waals surface area contributed by atoms with E-state index < -0.39 is 165 Å². The highest BCUT2D eigenvalue weighted by molar-refractivity contribution is 6.32. The Kier molecular flexibility index (Phi) is 15.3. The van der Waals surface area contributed by atoms with Gasteiger partial charge in [0.15, 0.2) is 35.7 Å². The molecule has 23 heteroatoms. The summed E-state index contributed by atoms with van der Waals surface area (Å²) in [5.74, 6) is -6.35. The maximum Gasteiger partial charge on any atom is 0.202 e. The summed E-state index contributed by atoms with van der Waals surface area (Å²) in [6.07, 6.45) is -9.06. The highest BCUT2D eigenvalue weighted by Crippen LogP contribution is 2.55. The average Bonchev–Trinajstić information content (AvgIpc) is 3.37. The molecule has 0 saturated carbocycles. The molecule has 4 aliphatic carbocycles. The second kappa shape index (κ2) is 20.8. The Balaban J connectivity index is 0.000000201. The zero-order valence-electron chi connectivity index (χ0n) is 42.5. The lowest BCUT2D eigenvalue weighted by molar-refractivity contribution is -0.247. The first-order chi connectivity index (χ1) is 35.8. The smallest absolute Gasteiger partial charge is 0.202 e. The maximum atomic E-state index is 13.6. The Morgan fingerprint density at radius 1 is 0.571 bits per heavy atom. The molecule has 22 nitrogen and oxygen atoms in total. The van der Waals surface area contributed by atoms with E-state index in [1.807, 2.05) is 0 Å². The summed E-state index contributed by atoms with van der Waals surface area (Å²) in [7, 11) is 2.68. The Morgan fingerprint density at radius 3 is 1.22 bits per heavy atom. The summed E-state index contributed by atoms with van der Waals surface area (Å²) >= 11 is 0. The van der Waals surface area contributed by atoms with Crippen LogP contribution in [0, 0.1) is 0 Å². The monoisotopic (exact) mass is 1090 g/mol. The number of methoxy groups -OCH3 is 2. The van der Waals surface area contributed by atoms with Gasteiger partial charge in [0.05, 0.1) is 84.2 Å². The van der Waals surface area contributed by atoms with Gasteiger partial charge in [0, 0.05) is 84.0 Å². The molecule has 0 aromatic heterocycles. The first-order valence-corrected chi connectivity index (χ1v) is 24.5. The minimum absolute atomic E-state index is 0. The van der Waals surface area contributed by atoms with Crippen LogP contribution in [0.4, 0.5) is 0 Å². The van der Waals surface area contributed by atoms with Crippen LogP contribution in [0.2, 0.25) is 0 Å². The largest absolute Gasteiger partial charge is 0.507 e. The molecular formula is C54H59ClN2O20. The van der Waals surface area contributed by atoms with E-state index >= 15 is 0 Å². The lowest BCUT2D eigenvalue weighted by Crippen LogP contribution is -2.52. The maximum absolute atomic E-state index is 13.6. The zero-order valence-corrected chi connectivity index (χ0v) is 43.3. The minimum atomic E-state index is -2.00. The number of benzene rings is 4. The molecule has 2 heterocycles. The van der Waals surface area contributed by atoms with Crippen molar-refractivity contribution >= 4 is 47.1 Å². The Morgan fingerprint density at radius 2 is 0.909 bits per heavy atom. The number of ketones is 6. The number of nitrogens with two attached hydrogens (primary N) is 2. The van der Waals surface area contributed by atoms with Crippen molar-refractivity contribution in [3.05, 3.63) is 103 Å². The second-order valence-electron chi connectivity index (χ2n) is 20.3. The summed E-state index contributed by atoms with van der Waals surface area (Å²) in [6, 6.07) is 7.50. The van der Waals surface area contributed by atoms with Crippen LogP contribution in [-0.4, -0.2) is 150 Å². The molecule has 0 amide bonds. The third-order valence-electron chi connectivity index (χ3n) is 15.6. The second-order valence-corrected chi connectivity index (χ2v) is 20.3. The third kappa shape index (κ3) is 9.23. The summed E-state index contributed by atoms with van der Waals surface area (Å²) in [4.78, 5) is 79.2. The van der Waals surface area contributed by atoms with Gasteiger partial charge in [0.2, 0.25) is 11.6 Å². The number of fused-ring (bicyclic) bond motifs is 6. The van der Waals surface area contributed by atoms with Gasteiger partial charge in [-0.2, -0.15) is 0 Å². The fourth-order valence-electron chi connectivity index (χ4n) is 11.3. The molecule has 2 aliphatic heterocycles. The summed E-state index contributed by atoms with van der Waals surface area (Å²) in [5, 5.41) is 88.2. The predicted octanol–water partition coefficient (Wildman–Crippen LogP) is 2.48. The Labute approximate surface area is 445 Å². The number of aliphatic hydroxyl groups excluding tert-OH is 2. The van der Waals surface area contributed by atoms with Gasteiger partial charge >= 0.3 is 0 Å². The van der Waals surface area contributed by atoms with Crippen LogP contribution in [0.25, 0.3) is 0 Å². The van der Waals surface area contributed by atoms with Crippen molar-refractivity contribution in [2.24, 2.45) is 11.5 Å². The number of aromatic hydroxyl groups is 4. The van der Waals surface area contributed by atoms with Crippen molar-refractivity contribution in [2.75, 3.05) is 14.2 Å². The summed E-state index contributed by atoms with van der Waals surface area (Å²) in [5.41, 5.74) is 5.95. The normalized spacial score (nSPS) is 29.9. The van der Waals surface area contributed by atoms with Crippen LogP contribution in [0.15, 0.2) is 36.4 Å². The first-order valence-electron chi connectivity index (χ1n) is 24.5. The number of Topliss-reactive ketones (excluding diaryl/α,β-unsaturated/α-hetero) is 2. The molecule has 12 N–H and O–H groups in total. The fraction of sp³-hybridized carbons (Fsp3) is 0.444. The van der Waals surface area contributed by atoms with Crippen LogP contribution in [-0.2, 0) is 41.4 Å². The average molecular weight is 1090 g/mol. The van der Waals surface area contributed by atoms with E-state index in [0.717, 1.165) is 0 Å². The molecule has 2 fully saturated rings. The quantitative estimate of drug-likeness (QED) is 0.0979. The van der Waals surface area contributed by atoms with Gasteiger partial charge in [0.25, 0.3) is 0 Å². The van der Waals surface area contributed by atoms with Gasteiger partial charge in [0.1, 0.15) is 45.7 Å². The van der Waals surface area contributed by atoms with E-state index in [9.17, 15) is 69.6 Å². The van der Waals surface area contributed by atoms with E-state index in [-0.39, 0.29) is 94.1 Å². The van der Waals surface area contributed by atoms with Crippen molar-refractivity contribution in [1.29, 1.82) is 0 Å². The molecule has 2 saturated heterocycles. The lowest BCUT2D eigenvalue weighted by atomic mass is 9.72. The van der Waals surface area contributed by atoms with Gasteiger partial charge < -0.3 is 80.7 Å². The molecule has 77 heavy (non-hydrogen) atoms. The molecule has 0 radical (unpaired) electrons. The molecule has 6 aliphatic rings. The molecule has 4 aromatic rings. The number of carbonyl (C=O) groups excluding carboxylic acids is 6. The lowest BCUT2D eigenvalue weighted by Gasteiger charge is -2.42. The summed E-state index contributed by atoms with van der Waals surface area (Å²) in [6.45, 7) is 5.57. The standard InChI is InChI=1S/2C27H29NO10.ClH/c2*1-10-22(30)14(28)7-17(37-10)38-16-9-27(35,11(2)29)8-13-19(16)26(34)21-20(24(13)32)23(31)12-5-4-6-15(36-3)18(12)25(21)33;/h2*4-6,10,14,16-17,22,30,32,34-35H,7-9,28H2,1-3H3;1H/t2*10-,14-,16-,17-,22+,27-;/m00./s1. The van der Waals surface area contributed by atoms with Gasteiger partial charge in [-0.25, -0.2) is 0 Å². The van der Waals surface area contributed by atoms with Crippen LogP contribution < -0.4 is 20.9 Å². The number of phenolic OH excluding ortho intramolecular Hbond substituents is 4. The van der Waals surface area contributed by atoms with Crippen molar-refractivity contribution in [3.63, 3.8) is 0 Å². The molecule has 12 atom stereocenters. The number of halogens is 1. The number of hydrogen-bond donors (Lipinski definition) is 10. The van der Waals surface area contributed by atoms with Crippen LogP contribution >= 0.6 is 12.4 Å². The van der Waals surface area contributed by atoms with E-state index in [1.165, 1.54) is 64.5 Å². The van der Waals surface area contributed by atoms with E-state index in [4.69, 9.17) is 39.9 Å². The topological polar surface area (TPSA) is 372 Å². The van der Waals surface area contributed by atoms with Gasteiger partial charge in [-0.3, -0.25) is 28.8 Å². The predicted molar refractivity (Wildman–Crippen MR) is 268 cm³/mol. The highest BCUT2D eigenvalue weighted by Gasteiger charge is 2.52. The minimum Gasteiger partial charge on any atom is -0.507 e. The van der Waals surface area contributed by atoms with Crippen molar-refractivity contribution in [2.45, 2.75) is 139 Å². The van der Waals surface area contributed by atoms with Crippen LogP contribution in [0.5, 0.6) is 34.5 Å².